The Bertz CT molecular complexity index is 614. The van der Waals surface area contributed by atoms with E-state index in [1.165, 1.54) is 6.07 Å². The molecule has 0 bridgehead atoms. The van der Waals surface area contributed by atoms with Gasteiger partial charge in [0.1, 0.15) is 5.82 Å². The van der Waals surface area contributed by atoms with Crippen LogP contribution in [-0.4, -0.2) is 47.6 Å². The molecule has 6 N–H and O–H groups in total. The van der Waals surface area contributed by atoms with Crippen LogP contribution in [0.2, 0.25) is 0 Å². The second-order valence-electron chi connectivity index (χ2n) is 5.99. The van der Waals surface area contributed by atoms with Gasteiger partial charge in [-0.1, -0.05) is 0 Å². The number of amides is 2. The van der Waals surface area contributed by atoms with Crippen LogP contribution >= 0.6 is 0 Å². The van der Waals surface area contributed by atoms with E-state index < -0.39 is 24.7 Å². The largest absolute Gasteiger partial charge is 0.491 e. The molecule has 24 heavy (non-hydrogen) atoms. The fourth-order valence-electron chi connectivity index (χ4n) is 2.90. The number of halogens is 1. The summed E-state index contributed by atoms with van der Waals surface area (Å²) in [5.41, 5.74) is 4.93. The average molecular weight is 337 g/mol. The standard InChI is InChI=1S/C15H21BFN3O4/c17-13-5-4-9(6-12(13)16(23)24)15(22)20-11-3-1-2-10(7-11)19-8-14(18)21/h4-6,10-11,19,23-24H,1-3,7-8H2,(H2,18,21)(H,20,22). The monoisotopic (exact) mass is 337 g/mol. The summed E-state index contributed by atoms with van der Waals surface area (Å²) in [6.07, 6.45) is 3.26. The van der Waals surface area contributed by atoms with Gasteiger partial charge in [0, 0.05) is 23.1 Å². The van der Waals surface area contributed by atoms with Crippen molar-refractivity contribution in [1.29, 1.82) is 0 Å². The summed E-state index contributed by atoms with van der Waals surface area (Å²) in [5, 5.41) is 24.1. The second-order valence-corrected chi connectivity index (χ2v) is 5.99. The summed E-state index contributed by atoms with van der Waals surface area (Å²) in [6, 6.07) is 3.47. The number of benzene rings is 1. The van der Waals surface area contributed by atoms with Crippen LogP contribution in [0.25, 0.3) is 0 Å². The number of hydrogen-bond acceptors (Lipinski definition) is 5. The summed E-state index contributed by atoms with van der Waals surface area (Å²) in [7, 11) is -1.98. The van der Waals surface area contributed by atoms with Gasteiger partial charge in [-0.15, -0.1) is 0 Å². The number of hydrogen-bond donors (Lipinski definition) is 5. The topological polar surface area (TPSA) is 125 Å². The van der Waals surface area contributed by atoms with Crippen molar-refractivity contribution in [3.05, 3.63) is 29.6 Å². The minimum absolute atomic E-state index is 0.0795. The predicted molar refractivity (Wildman–Crippen MR) is 86.9 cm³/mol. The molecule has 0 heterocycles. The van der Waals surface area contributed by atoms with E-state index in [2.05, 4.69) is 10.6 Å². The van der Waals surface area contributed by atoms with Crippen LogP contribution in [0.15, 0.2) is 18.2 Å². The Morgan fingerprint density at radius 2 is 2.00 bits per heavy atom. The molecule has 7 nitrogen and oxygen atoms in total. The molecule has 0 spiro atoms. The maximum Gasteiger partial charge on any atom is 0.491 e. The maximum atomic E-state index is 13.4. The minimum Gasteiger partial charge on any atom is -0.423 e. The van der Waals surface area contributed by atoms with Crippen molar-refractivity contribution in [2.45, 2.75) is 37.8 Å². The van der Waals surface area contributed by atoms with Gasteiger partial charge in [0.05, 0.1) is 6.54 Å². The third-order valence-corrected chi connectivity index (χ3v) is 4.11. The average Bonchev–Trinajstić information content (AvgIpc) is 2.53. The number of nitrogens with one attached hydrogen (secondary N) is 2. The van der Waals surface area contributed by atoms with Gasteiger partial charge < -0.3 is 26.4 Å². The lowest BCUT2D eigenvalue weighted by molar-refractivity contribution is -0.117. The van der Waals surface area contributed by atoms with Crippen LogP contribution in [-0.2, 0) is 4.79 Å². The number of primary amides is 1. The highest BCUT2D eigenvalue weighted by molar-refractivity contribution is 6.58. The first-order chi connectivity index (χ1) is 11.4. The molecular weight excluding hydrogens is 316 g/mol. The van der Waals surface area contributed by atoms with E-state index in [4.69, 9.17) is 15.8 Å². The Labute approximate surface area is 139 Å². The molecule has 2 rings (SSSR count). The van der Waals surface area contributed by atoms with E-state index in [0.29, 0.717) is 6.42 Å². The zero-order chi connectivity index (χ0) is 17.7. The molecule has 2 amide bonds. The smallest absolute Gasteiger partial charge is 0.423 e. The van der Waals surface area contributed by atoms with Gasteiger partial charge in [0.25, 0.3) is 5.91 Å². The van der Waals surface area contributed by atoms with Crippen LogP contribution < -0.4 is 21.8 Å². The third kappa shape index (κ3) is 5.02. The zero-order valence-electron chi connectivity index (χ0n) is 13.2. The molecule has 1 fully saturated rings. The molecule has 1 saturated carbocycles. The molecule has 1 aromatic rings. The van der Waals surface area contributed by atoms with E-state index in [-0.39, 0.29) is 29.7 Å². The molecule has 1 aliphatic carbocycles. The van der Waals surface area contributed by atoms with Crippen molar-refractivity contribution in [1.82, 2.24) is 10.6 Å². The van der Waals surface area contributed by atoms with Crippen molar-refractivity contribution >= 4 is 24.4 Å². The summed E-state index contributed by atoms with van der Waals surface area (Å²) < 4.78 is 13.4. The van der Waals surface area contributed by atoms with Gasteiger partial charge in [-0.2, -0.15) is 0 Å². The van der Waals surface area contributed by atoms with E-state index >= 15 is 0 Å². The Morgan fingerprint density at radius 1 is 1.29 bits per heavy atom. The number of carbonyl (C=O) groups excluding carboxylic acids is 2. The molecule has 0 aromatic heterocycles. The lowest BCUT2D eigenvalue weighted by atomic mass is 9.79. The fourth-order valence-corrected chi connectivity index (χ4v) is 2.90. The summed E-state index contributed by atoms with van der Waals surface area (Å²) in [5.74, 6) is -1.62. The highest BCUT2D eigenvalue weighted by Gasteiger charge is 2.24. The quantitative estimate of drug-likeness (QED) is 0.409. The van der Waals surface area contributed by atoms with E-state index in [9.17, 15) is 14.0 Å². The summed E-state index contributed by atoms with van der Waals surface area (Å²) in [6.45, 7) is 0.0983. The Kier molecular flexibility index (Phi) is 6.30. The van der Waals surface area contributed by atoms with Gasteiger partial charge in [0.15, 0.2) is 0 Å². The molecule has 0 aliphatic heterocycles. The molecule has 1 aliphatic rings. The highest BCUT2D eigenvalue weighted by atomic mass is 19.1. The van der Waals surface area contributed by atoms with Crippen molar-refractivity contribution in [2.75, 3.05) is 6.54 Å². The van der Waals surface area contributed by atoms with E-state index in [1.54, 1.807) is 0 Å². The minimum atomic E-state index is -1.98. The van der Waals surface area contributed by atoms with Crippen molar-refractivity contribution in [3.8, 4) is 0 Å². The normalized spacial score (nSPS) is 20.5. The van der Waals surface area contributed by atoms with Gasteiger partial charge in [-0.05, 0) is 43.9 Å². The molecule has 0 radical (unpaired) electrons. The van der Waals surface area contributed by atoms with Crippen LogP contribution in [0.1, 0.15) is 36.0 Å². The van der Waals surface area contributed by atoms with Crippen molar-refractivity contribution in [3.63, 3.8) is 0 Å². The van der Waals surface area contributed by atoms with Crippen molar-refractivity contribution < 1.29 is 24.0 Å². The molecule has 2 atom stereocenters. The number of rotatable bonds is 6. The van der Waals surface area contributed by atoms with Gasteiger partial charge in [-0.25, -0.2) is 4.39 Å². The van der Waals surface area contributed by atoms with Crippen LogP contribution in [0, 0.1) is 5.82 Å². The molecular formula is C15H21BFN3O4. The molecule has 1 aromatic carbocycles. The molecule has 0 saturated heterocycles. The lowest BCUT2D eigenvalue weighted by Gasteiger charge is -2.30. The molecule has 130 valence electrons. The first kappa shape index (κ1) is 18.4. The van der Waals surface area contributed by atoms with Crippen LogP contribution in [0.3, 0.4) is 0 Å². The lowest BCUT2D eigenvalue weighted by Crippen LogP contribution is -2.46. The van der Waals surface area contributed by atoms with Crippen LogP contribution in [0.5, 0.6) is 0 Å². The predicted octanol–water partition coefficient (Wildman–Crippen LogP) is -1.38. The van der Waals surface area contributed by atoms with Gasteiger partial charge in [0.2, 0.25) is 5.91 Å². The first-order valence-corrected chi connectivity index (χ1v) is 7.85. The Morgan fingerprint density at radius 3 is 2.67 bits per heavy atom. The summed E-state index contributed by atoms with van der Waals surface area (Å²) in [4.78, 5) is 23.1. The van der Waals surface area contributed by atoms with Gasteiger partial charge >= 0.3 is 7.12 Å². The first-order valence-electron chi connectivity index (χ1n) is 7.85. The van der Waals surface area contributed by atoms with E-state index in [1.807, 2.05) is 0 Å². The fraction of sp³-hybridized carbons (Fsp3) is 0.467. The third-order valence-electron chi connectivity index (χ3n) is 4.11. The molecule has 9 heteroatoms. The number of carbonyl (C=O) groups is 2. The van der Waals surface area contributed by atoms with Gasteiger partial charge in [-0.3, -0.25) is 9.59 Å². The Balaban J connectivity index is 1.96. The second kappa shape index (κ2) is 8.23. The SMILES string of the molecule is NC(=O)CNC1CCCC(NC(=O)c2ccc(F)c(B(O)O)c2)C1. The van der Waals surface area contributed by atoms with Crippen LogP contribution in [0.4, 0.5) is 4.39 Å². The summed E-state index contributed by atoms with van der Waals surface area (Å²) >= 11 is 0. The van der Waals surface area contributed by atoms with Crippen molar-refractivity contribution in [2.24, 2.45) is 5.73 Å². The maximum absolute atomic E-state index is 13.4. The zero-order valence-corrected chi connectivity index (χ0v) is 13.2. The number of nitrogens with two attached hydrogens (primary N) is 1. The Hall–Kier alpha value is -1.97. The highest BCUT2D eigenvalue weighted by Crippen LogP contribution is 2.19. The van der Waals surface area contributed by atoms with E-state index in [0.717, 1.165) is 31.4 Å². The molecule has 2 unspecified atom stereocenters.